The number of anilines is 1. The lowest BCUT2D eigenvalue weighted by molar-refractivity contribution is 0.0950. The lowest BCUT2D eigenvalue weighted by atomic mass is 10.1. The van der Waals surface area contributed by atoms with Gasteiger partial charge in [-0.3, -0.25) is 4.79 Å². The van der Waals surface area contributed by atoms with E-state index < -0.39 is 5.91 Å². The molecule has 2 aromatic heterocycles. The second kappa shape index (κ2) is 8.41. The first-order valence-corrected chi connectivity index (χ1v) is 10.00. The Morgan fingerprint density at radius 1 is 1.18 bits per heavy atom. The van der Waals surface area contributed by atoms with E-state index in [9.17, 15) is 4.79 Å². The van der Waals surface area contributed by atoms with Crippen molar-refractivity contribution in [3.63, 3.8) is 0 Å². The van der Waals surface area contributed by atoms with E-state index in [4.69, 9.17) is 38.4 Å². The van der Waals surface area contributed by atoms with Gasteiger partial charge in [0.05, 0.1) is 16.3 Å². The molecule has 166 valence electrons. The smallest absolute Gasteiger partial charge is 0.294 e. The molecule has 3 heterocycles. The number of hydrazone groups is 1. The molecule has 0 unspecified atom stereocenters. The van der Waals surface area contributed by atoms with E-state index in [1.54, 1.807) is 36.4 Å². The van der Waals surface area contributed by atoms with Gasteiger partial charge < -0.3 is 15.2 Å². The number of nitrogen functional groups attached to an aromatic ring is 1. The van der Waals surface area contributed by atoms with Gasteiger partial charge >= 0.3 is 0 Å². The van der Waals surface area contributed by atoms with Gasteiger partial charge in [0.15, 0.2) is 17.2 Å². The third kappa shape index (κ3) is 3.81. The molecular formula is C19H12Cl2N8O4. The number of amides is 1. The highest BCUT2D eigenvalue weighted by atomic mass is 35.5. The SMILES string of the molecule is Nc1nonc1-n1nnc(C(=O)NN=Cc2cccc(Cl)c2Cl)c1-c1ccc2c(c1)OCO2. The maximum atomic E-state index is 12.9. The average molecular weight is 487 g/mol. The largest absolute Gasteiger partial charge is 0.454 e. The van der Waals surface area contributed by atoms with E-state index >= 15 is 0 Å². The van der Waals surface area contributed by atoms with Crippen LogP contribution in [0.3, 0.4) is 0 Å². The number of carbonyl (C=O) groups excluding carboxylic acids is 1. The average Bonchev–Trinajstić information content (AvgIpc) is 3.54. The summed E-state index contributed by atoms with van der Waals surface area (Å²) in [6, 6.07) is 10.1. The van der Waals surface area contributed by atoms with Crippen LogP contribution in [-0.4, -0.2) is 44.2 Å². The fraction of sp³-hybridized carbons (Fsp3) is 0.0526. The molecule has 0 aliphatic carbocycles. The summed E-state index contributed by atoms with van der Waals surface area (Å²) in [5.74, 6) is 0.421. The topological polar surface area (TPSA) is 156 Å². The number of nitrogens with one attached hydrogen (secondary N) is 1. The zero-order valence-corrected chi connectivity index (χ0v) is 17.9. The van der Waals surface area contributed by atoms with Gasteiger partial charge in [-0.2, -0.15) is 9.78 Å². The van der Waals surface area contributed by atoms with Crippen molar-refractivity contribution in [2.45, 2.75) is 0 Å². The molecule has 1 aliphatic rings. The third-order valence-corrected chi connectivity index (χ3v) is 5.41. The first-order chi connectivity index (χ1) is 16.0. The number of hydrogen-bond acceptors (Lipinski definition) is 10. The maximum absolute atomic E-state index is 12.9. The molecule has 0 saturated heterocycles. The van der Waals surface area contributed by atoms with Gasteiger partial charge in [0.2, 0.25) is 18.4 Å². The summed E-state index contributed by atoms with van der Waals surface area (Å²) in [5, 5.41) is 19.9. The maximum Gasteiger partial charge on any atom is 0.294 e. The van der Waals surface area contributed by atoms with E-state index in [-0.39, 0.29) is 29.8 Å². The molecule has 0 bridgehead atoms. The van der Waals surface area contributed by atoms with Crippen LogP contribution in [0, 0.1) is 0 Å². The van der Waals surface area contributed by atoms with Crippen molar-refractivity contribution >= 4 is 41.1 Å². The van der Waals surface area contributed by atoms with Gasteiger partial charge in [0.1, 0.15) is 5.69 Å². The lowest BCUT2D eigenvalue weighted by Gasteiger charge is -2.07. The fourth-order valence-electron chi connectivity index (χ4n) is 3.06. The molecule has 4 aromatic rings. The van der Waals surface area contributed by atoms with Gasteiger partial charge in [-0.1, -0.05) is 40.5 Å². The lowest BCUT2D eigenvalue weighted by Crippen LogP contribution is -2.19. The number of aromatic nitrogens is 5. The summed E-state index contributed by atoms with van der Waals surface area (Å²) in [4.78, 5) is 12.9. The van der Waals surface area contributed by atoms with Crippen LogP contribution in [0.2, 0.25) is 10.0 Å². The highest BCUT2D eigenvalue weighted by Crippen LogP contribution is 2.37. The standard InChI is InChI=1S/C19H12Cl2N8O4/c20-11-3-1-2-10(14(11)21)7-23-25-19(30)15-16(9-4-5-12-13(6-9)32-8-31-12)29(28-24-15)18-17(22)26-33-27-18/h1-7H,8H2,(H2,22,26)(H,25,30). The summed E-state index contributed by atoms with van der Waals surface area (Å²) in [6.45, 7) is 0.0879. The van der Waals surface area contributed by atoms with Crippen molar-refractivity contribution in [1.82, 2.24) is 30.7 Å². The van der Waals surface area contributed by atoms with Crippen molar-refractivity contribution in [1.29, 1.82) is 0 Å². The molecule has 0 fully saturated rings. The number of fused-ring (bicyclic) bond motifs is 1. The van der Waals surface area contributed by atoms with Crippen LogP contribution in [0.4, 0.5) is 5.82 Å². The molecule has 0 saturated carbocycles. The Morgan fingerprint density at radius 3 is 2.85 bits per heavy atom. The van der Waals surface area contributed by atoms with Crippen molar-refractivity contribution in [3.05, 3.63) is 57.7 Å². The molecule has 33 heavy (non-hydrogen) atoms. The second-order valence-electron chi connectivity index (χ2n) is 6.58. The number of ether oxygens (including phenoxy) is 2. The van der Waals surface area contributed by atoms with Crippen LogP contribution in [0.15, 0.2) is 46.1 Å². The van der Waals surface area contributed by atoms with E-state index in [0.717, 1.165) is 0 Å². The minimum atomic E-state index is -0.654. The van der Waals surface area contributed by atoms with Crippen LogP contribution in [0.5, 0.6) is 11.5 Å². The van der Waals surface area contributed by atoms with Crippen molar-refractivity contribution in [3.8, 4) is 28.6 Å². The van der Waals surface area contributed by atoms with E-state index in [2.05, 4.69) is 35.8 Å². The molecule has 0 radical (unpaired) electrons. The fourth-order valence-corrected chi connectivity index (χ4v) is 3.41. The summed E-state index contributed by atoms with van der Waals surface area (Å²) in [6.07, 6.45) is 1.36. The molecule has 0 spiro atoms. The van der Waals surface area contributed by atoms with Crippen LogP contribution in [-0.2, 0) is 0 Å². The Balaban J connectivity index is 1.51. The van der Waals surface area contributed by atoms with Gasteiger partial charge in [-0.25, -0.2) is 10.1 Å². The minimum Gasteiger partial charge on any atom is -0.454 e. The Hall–Kier alpha value is -4.16. The Bertz CT molecular complexity index is 1400. The zero-order valence-electron chi connectivity index (χ0n) is 16.4. The van der Waals surface area contributed by atoms with Gasteiger partial charge in [0.25, 0.3) is 5.91 Å². The third-order valence-electron chi connectivity index (χ3n) is 4.58. The molecule has 12 nitrogen and oxygen atoms in total. The van der Waals surface area contributed by atoms with Crippen LogP contribution in [0.1, 0.15) is 16.1 Å². The Labute approximate surface area is 194 Å². The van der Waals surface area contributed by atoms with Crippen molar-refractivity contribution in [2.75, 3.05) is 12.5 Å². The van der Waals surface area contributed by atoms with E-state index in [1.165, 1.54) is 10.9 Å². The zero-order chi connectivity index (χ0) is 22.9. The first-order valence-electron chi connectivity index (χ1n) is 9.24. The predicted octanol–water partition coefficient (Wildman–Crippen LogP) is 2.70. The van der Waals surface area contributed by atoms with Crippen molar-refractivity contribution in [2.24, 2.45) is 5.10 Å². The van der Waals surface area contributed by atoms with E-state index in [0.29, 0.717) is 32.7 Å². The molecule has 2 aromatic carbocycles. The number of nitrogens with zero attached hydrogens (tertiary/aromatic N) is 6. The monoisotopic (exact) mass is 486 g/mol. The number of halogens is 2. The second-order valence-corrected chi connectivity index (χ2v) is 7.37. The number of hydrogen-bond donors (Lipinski definition) is 2. The Kier molecular flexibility index (Phi) is 5.28. The predicted molar refractivity (Wildman–Crippen MR) is 117 cm³/mol. The molecular weight excluding hydrogens is 475 g/mol. The molecule has 3 N–H and O–H groups in total. The van der Waals surface area contributed by atoms with Crippen LogP contribution >= 0.6 is 23.2 Å². The summed E-state index contributed by atoms with van der Waals surface area (Å²) in [5.41, 5.74) is 9.45. The molecule has 1 amide bonds. The van der Waals surface area contributed by atoms with E-state index in [1.807, 2.05) is 0 Å². The van der Waals surface area contributed by atoms with Crippen molar-refractivity contribution < 1.29 is 18.9 Å². The molecule has 1 aliphatic heterocycles. The number of benzene rings is 2. The quantitative estimate of drug-likeness (QED) is 0.319. The van der Waals surface area contributed by atoms with Crippen LogP contribution in [0.25, 0.3) is 17.1 Å². The van der Waals surface area contributed by atoms with Gasteiger partial charge in [-0.15, -0.1) is 5.10 Å². The minimum absolute atomic E-state index is 0.0394. The summed E-state index contributed by atoms with van der Waals surface area (Å²) in [7, 11) is 0. The van der Waals surface area contributed by atoms with Gasteiger partial charge in [-0.05, 0) is 34.6 Å². The first kappa shape index (κ1) is 20.7. The van der Waals surface area contributed by atoms with Crippen LogP contribution < -0.4 is 20.6 Å². The number of rotatable bonds is 5. The number of carbonyl (C=O) groups is 1. The highest BCUT2D eigenvalue weighted by Gasteiger charge is 2.26. The molecule has 14 heteroatoms. The molecule has 0 atom stereocenters. The normalized spacial score (nSPS) is 12.4. The number of nitrogens with two attached hydrogens (primary N) is 1. The summed E-state index contributed by atoms with van der Waals surface area (Å²) >= 11 is 12.1. The Morgan fingerprint density at radius 2 is 2.03 bits per heavy atom. The summed E-state index contributed by atoms with van der Waals surface area (Å²) < 4.78 is 16.7. The molecule has 5 rings (SSSR count). The van der Waals surface area contributed by atoms with Gasteiger partial charge in [0, 0.05) is 11.1 Å². The highest BCUT2D eigenvalue weighted by molar-refractivity contribution is 6.43.